The lowest BCUT2D eigenvalue weighted by Crippen LogP contribution is -2.37. The third kappa shape index (κ3) is 8.47. The number of nitrogens with one attached hydrogen (secondary N) is 2. The second-order valence-electron chi connectivity index (χ2n) is 13.8. The Hall–Kier alpha value is -3.41. The minimum absolute atomic E-state index is 0.0382. The molecule has 0 bridgehead atoms. The van der Waals surface area contributed by atoms with Crippen LogP contribution in [0.4, 0.5) is 0 Å². The Kier molecular flexibility index (Phi) is 12.4. The fourth-order valence-corrected chi connectivity index (χ4v) is 10.1. The highest BCUT2D eigenvalue weighted by Gasteiger charge is 2.35. The summed E-state index contributed by atoms with van der Waals surface area (Å²) in [6.07, 6.45) is 7.22. The maximum atomic E-state index is 13.8. The summed E-state index contributed by atoms with van der Waals surface area (Å²) in [5.41, 5.74) is 5.41. The van der Waals surface area contributed by atoms with Crippen molar-refractivity contribution in [1.29, 1.82) is 0 Å². The third-order valence-electron chi connectivity index (χ3n) is 10.6. The molecule has 1 heterocycles. The molecule has 1 fully saturated rings. The molecule has 0 spiro atoms. The van der Waals surface area contributed by atoms with Gasteiger partial charge in [-0.3, -0.25) is 10.1 Å². The first-order chi connectivity index (χ1) is 24.7. The zero-order valence-electron chi connectivity index (χ0n) is 29.8. The Morgan fingerprint density at radius 1 is 0.882 bits per heavy atom. The number of phenolic OH excluding ortho intramolecular Hbond substituents is 3. The zero-order chi connectivity index (χ0) is 36.0. The van der Waals surface area contributed by atoms with Crippen LogP contribution in [0.2, 0.25) is 0 Å². The second-order valence-corrected chi connectivity index (χ2v) is 16.3. The SMILES string of the molecule is CN[C@H](O[C@@H]1CCCCSSCc2c(ccc3ccc(O)cc23)-c2c(ccc(O)c2OC)CCC(=O)C1)c1cc(O)cc(C2(NC)CCCC2)c1. The molecule has 2 atom stereocenters. The molecule has 0 amide bonds. The standard InChI is InChI=1S/C41H50N2O6S2/c1-42-40(28-20-29(22-32(46)21-28)41(43-2)17-5-6-18-41)49-33-8-4-7-19-50-51-25-36-34(15-11-26-9-13-31(45)24-35(26)36)38-27(10-14-30(44)23-33)12-16-37(47)39(38)48-3/h9,11-13,15-16,20-22,24,33,40,42-43,45-47H,4-8,10,14,17-19,23,25H2,1-3H3/t33-,40-/m1/s1. The van der Waals surface area contributed by atoms with Gasteiger partial charge < -0.3 is 30.1 Å². The van der Waals surface area contributed by atoms with Crippen LogP contribution in [0.3, 0.4) is 0 Å². The highest BCUT2D eigenvalue weighted by molar-refractivity contribution is 8.76. The summed E-state index contributed by atoms with van der Waals surface area (Å²) in [7, 11) is 8.99. The van der Waals surface area contributed by atoms with E-state index in [2.05, 4.69) is 22.8 Å². The molecule has 4 aromatic carbocycles. The Morgan fingerprint density at radius 2 is 1.69 bits per heavy atom. The van der Waals surface area contributed by atoms with Gasteiger partial charge in [0, 0.05) is 35.4 Å². The largest absolute Gasteiger partial charge is 0.508 e. The van der Waals surface area contributed by atoms with E-state index in [4.69, 9.17) is 9.47 Å². The number of ketones is 1. The van der Waals surface area contributed by atoms with E-state index in [1.54, 1.807) is 42.2 Å². The van der Waals surface area contributed by atoms with E-state index in [1.165, 1.54) is 0 Å². The molecule has 10 heteroatoms. The zero-order valence-corrected chi connectivity index (χ0v) is 31.4. The molecule has 0 saturated heterocycles. The maximum absolute atomic E-state index is 13.8. The number of carbonyl (C=O) groups excluding carboxylic acids is 1. The van der Waals surface area contributed by atoms with Gasteiger partial charge in [-0.15, -0.1) is 0 Å². The molecular weight excluding hydrogens is 681 g/mol. The van der Waals surface area contributed by atoms with Crippen LogP contribution in [0.25, 0.3) is 21.9 Å². The van der Waals surface area contributed by atoms with Crippen LogP contribution in [0, 0.1) is 0 Å². The Balaban J connectivity index is 1.29. The normalized spacial score (nSPS) is 19.4. The molecule has 1 aliphatic carbocycles. The van der Waals surface area contributed by atoms with Crippen LogP contribution in [-0.2, 0) is 27.2 Å². The van der Waals surface area contributed by atoms with E-state index in [0.29, 0.717) is 24.3 Å². The van der Waals surface area contributed by atoms with Gasteiger partial charge >= 0.3 is 0 Å². The molecule has 0 aromatic heterocycles. The number of Topliss-reactive ketones (excluding diaryl/α,β-unsaturated/α-hetero) is 1. The van der Waals surface area contributed by atoms with Crippen molar-refractivity contribution in [3.63, 3.8) is 0 Å². The number of benzene rings is 4. The lowest BCUT2D eigenvalue weighted by molar-refractivity contribution is -0.124. The minimum Gasteiger partial charge on any atom is -0.508 e. The summed E-state index contributed by atoms with van der Waals surface area (Å²) in [6.45, 7) is 0. The van der Waals surface area contributed by atoms with Gasteiger partial charge in [-0.05, 0) is 121 Å². The van der Waals surface area contributed by atoms with Crippen LogP contribution in [0.15, 0.2) is 60.7 Å². The highest BCUT2D eigenvalue weighted by atomic mass is 33.1. The number of carbonyl (C=O) groups is 1. The predicted octanol–water partition coefficient (Wildman–Crippen LogP) is 8.88. The Bertz CT molecular complexity index is 1840. The topological polar surface area (TPSA) is 120 Å². The summed E-state index contributed by atoms with van der Waals surface area (Å²) in [6, 6.07) is 18.8. The number of hydrogen-bond acceptors (Lipinski definition) is 10. The lowest BCUT2D eigenvalue weighted by atomic mass is 9.87. The smallest absolute Gasteiger partial charge is 0.168 e. The third-order valence-corrected chi connectivity index (χ3v) is 12.9. The van der Waals surface area contributed by atoms with Crippen molar-refractivity contribution in [3.8, 4) is 34.1 Å². The fraction of sp³-hybridized carbons (Fsp3) is 0.439. The van der Waals surface area contributed by atoms with Crippen LogP contribution in [-0.4, -0.2) is 54.2 Å². The van der Waals surface area contributed by atoms with Crippen molar-refractivity contribution in [2.75, 3.05) is 27.0 Å². The van der Waals surface area contributed by atoms with Crippen molar-refractivity contribution in [1.82, 2.24) is 10.6 Å². The number of aryl methyl sites for hydroxylation is 1. The van der Waals surface area contributed by atoms with Gasteiger partial charge in [0.2, 0.25) is 0 Å². The average Bonchev–Trinajstić information content (AvgIpc) is 3.62. The van der Waals surface area contributed by atoms with Gasteiger partial charge in [-0.2, -0.15) is 0 Å². The van der Waals surface area contributed by atoms with Gasteiger partial charge in [0.05, 0.1) is 13.2 Å². The van der Waals surface area contributed by atoms with Gasteiger partial charge in [0.1, 0.15) is 23.5 Å². The summed E-state index contributed by atoms with van der Waals surface area (Å²) >= 11 is 0. The van der Waals surface area contributed by atoms with Crippen LogP contribution in [0.5, 0.6) is 23.0 Å². The van der Waals surface area contributed by atoms with E-state index in [0.717, 1.165) is 94.9 Å². The minimum atomic E-state index is -0.488. The first kappa shape index (κ1) is 37.4. The first-order valence-corrected chi connectivity index (χ1v) is 20.5. The maximum Gasteiger partial charge on any atom is 0.168 e. The van der Waals surface area contributed by atoms with E-state index < -0.39 is 6.23 Å². The summed E-state index contributed by atoms with van der Waals surface area (Å²) in [5.74, 6) is 2.56. The molecule has 2 aliphatic rings. The van der Waals surface area contributed by atoms with Crippen molar-refractivity contribution in [3.05, 3.63) is 82.9 Å². The van der Waals surface area contributed by atoms with Crippen molar-refractivity contribution in [2.24, 2.45) is 0 Å². The Labute approximate surface area is 309 Å². The number of rotatable bonds is 7. The monoisotopic (exact) mass is 730 g/mol. The summed E-state index contributed by atoms with van der Waals surface area (Å²) in [4.78, 5) is 13.8. The molecular formula is C41H50N2O6S2. The molecule has 51 heavy (non-hydrogen) atoms. The number of ether oxygens (including phenoxy) is 2. The van der Waals surface area contributed by atoms with Crippen LogP contribution >= 0.6 is 21.6 Å². The van der Waals surface area contributed by atoms with Gasteiger partial charge in [0.25, 0.3) is 0 Å². The average molecular weight is 731 g/mol. The summed E-state index contributed by atoms with van der Waals surface area (Å²) in [5, 5.41) is 41.0. The molecule has 8 nitrogen and oxygen atoms in total. The molecule has 0 radical (unpaired) electrons. The molecule has 1 aliphatic heterocycles. The Morgan fingerprint density at radius 3 is 2.45 bits per heavy atom. The molecule has 1 saturated carbocycles. The van der Waals surface area contributed by atoms with E-state index in [9.17, 15) is 20.1 Å². The quantitative estimate of drug-likeness (QED) is 0.0932. The second kappa shape index (κ2) is 16.9. The molecule has 272 valence electrons. The van der Waals surface area contributed by atoms with Crippen LogP contribution < -0.4 is 15.4 Å². The van der Waals surface area contributed by atoms with E-state index >= 15 is 0 Å². The fourth-order valence-electron chi connectivity index (χ4n) is 7.85. The van der Waals surface area contributed by atoms with Gasteiger partial charge in [-0.1, -0.05) is 65.1 Å². The molecule has 4 aromatic rings. The molecule has 6 rings (SSSR count). The van der Waals surface area contributed by atoms with Crippen molar-refractivity contribution in [2.45, 2.75) is 87.8 Å². The lowest BCUT2D eigenvalue weighted by Gasteiger charge is -2.31. The first-order valence-electron chi connectivity index (χ1n) is 18.0. The van der Waals surface area contributed by atoms with E-state index in [-0.39, 0.29) is 41.1 Å². The number of fused-ring (bicyclic) bond motifs is 5. The van der Waals surface area contributed by atoms with Crippen molar-refractivity contribution < 1.29 is 29.6 Å². The summed E-state index contributed by atoms with van der Waals surface area (Å²) < 4.78 is 12.5. The van der Waals surface area contributed by atoms with E-state index in [1.807, 2.05) is 49.2 Å². The van der Waals surface area contributed by atoms with Crippen LogP contribution in [0.1, 0.15) is 86.3 Å². The highest BCUT2D eigenvalue weighted by Crippen LogP contribution is 2.46. The number of hydrogen-bond donors (Lipinski definition) is 5. The van der Waals surface area contributed by atoms with Gasteiger partial charge in [-0.25, -0.2) is 0 Å². The number of methoxy groups -OCH3 is 1. The number of phenols is 3. The predicted molar refractivity (Wildman–Crippen MR) is 209 cm³/mol. The molecule has 0 unspecified atom stereocenters. The van der Waals surface area contributed by atoms with Crippen molar-refractivity contribution >= 4 is 38.1 Å². The van der Waals surface area contributed by atoms with Gasteiger partial charge in [0.15, 0.2) is 11.5 Å². The molecule has 5 N–H and O–H groups in total. The number of aromatic hydroxyl groups is 3.